The van der Waals surface area contributed by atoms with Crippen LogP contribution in [0.25, 0.3) is 5.65 Å². The maximum absolute atomic E-state index is 5.74. The van der Waals surface area contributed by atoms with E-state index >= 15 is 0 Å². The zero-order valence-electron chi connectivity index (χ0n) is 13.0. The summed E-state index contributed by atoms with van der Waals surface area (Å²) in [5.41, 5.74) is 2.20. The molecule has 0 amide bonds. The third-order valence-corrected chi connectivity index (χ3v) is 4.75. The fourth-order valence-electron chi connectivity index (χ4n) is 3.50. The predicted molar refractivity (Wildman–Crippen MR) is 85.9 cm³/mol. The van der Waals surface area contributed by atoms with Gasteiger partial charge >= 0.3 is 0 Å². The maximum atomic E-state index is 5.74. The molecule has 4 rings (SSSR count). The number of nitrogens with zero attached hydrogens (tertiary/aromatic N) is 4. The van der Waals surface area contributed by atoms with E-state index in [2.05, 4.69) is 32.7 Å². The summed E-state index contributed by atoms with van der Waals surface area (Å²) in [6.45, 7) is 7.57. The van der Waals surface area contributed by atoms with E-state index in [1.54, 1.807) is 0 Å². The average Bonchev–Trinajstić information content (AvgIpc) is 3.18. The first-order chi connectivity index (χ1) is 10.9. The Morgan fingerprint density at radius 2 is 2.00 bits per heavy atom. The van der Waals surface area contributed by atoms with E-state index in [0.29, 0.717) is 6.10 Å². The smallest absolute Gasteiger partial charge is 0.137 e. The fraction of sp³-hybridized carbons (Fsp3) is 0.588. The van der Waals surface area contributed by atoms with Crippen LogP contribution in [0.4, 0.5) is 0 Å². The maximum Gasteiger partial charge on any atom is 0.137 e. The van der Waals surface area contributed by atoms with Gasteiger partial charge in [-0.2, -0.15) is 0 Å². The number of hydrogen-bond donors (Lipinski definition) is 0. The molecule has 5 heteroatoms. The molecule has 0 saturated carbocycles. The molecule has 118 valence electrons. The van der Waals surface area contributed by atoms with Crippen LogP contribution in [0.15, 0.2) is 30.6 Å². The van der Waals surface area contributed by atoms with Crippen LogP contribution in [-0.2, 0) is 11.3 Å². The Bertz CT molecular complexity index is 579. The molecule has 0 N–H and O–H groups in total. The molecule has 0 spiro atoms. The van der Waals surface area contributed by atoms with Crippen LogP contribution in [0, 0.1) is 0 Å². The second-order valence-corrected chi connectivity index (χ2v) is 6.41. The van der Waals surface area contributed by atoms with Crippen LogP contribution in [-0.4, -0.2) is 64.6 Å². The minimum Gasteiger partial charge on any atom is -0.377 e. The summed E-state index contributed by atoms with van der Waals surface area (Å²) in [5, 5.41) is 0. The van der Waals surface area contributed by atoms with Crippen LogP contribution < -0.4 is 0 Å². The summed E-state index contributed by atoms with van der Waals surface area (Å²) < 4.78 is 7.84. The van der Waals surface area contributed by atoms with Crippen molar-refractivity contribution in [3.63, 3.8) is 0 Å². The molecule has 0 bridgehead atoms. The monoisotopic (exact) mass is 300 g/mol. The van der Waals surface area contributed by atoms with Crippen LogP contribution in [0.1, 0.15) is 18.5 Å². The van der Waals surface area contributed by atoms with Crippen molar-refractivity contribution in [2.24, 2.45) is 0 Å². The highest BCUT2D eigenvalue weighted by Gasteiger charge is 2.23. The highest BCUT2D eigenvalue weighted by molar-refractivity contribution is 5.39. The predicted octanol–water partition coefficient (Wildman–Crippen LogP) is 1.63. The van der Waals surface area contributed by atoms with Gasteiger partial charge in [0.1, 0.15) is 5.65 Å². The van der Waals surface area contributed by atoms with E-state index in [4.69, 9.17) is 9.72 Å². The number of aromatic nitrogens is 2. The molecule has 1 unspecified atom stereocenters. The van der Waals surface area contributed by atoms with Crippen LogP contribution in [0.5, 0.6) is 0 Å². The highest BCUT2D eigenvalue weighted by atomic mass is 16.5. The Hall–Kier alpha value is -1.43. The van der Waals surface area contributed by atoms with Gasteiger partial charge in [-0.25, -0.2) is 4.98 Å². The van der Waals surface area contributed by atoms with Crippen molar-refractivity contribution < 1.29 is 4.74 Å². The first-order valence-corrected chi connectivity index (χ1v) is 8.36. The second kappa shape index (κ2) is 6.36. The van der Waals surface area contributed by atoms with Gasteiger partial charge in [-0.05, 0) is 25.0 Å². The highest BCUT2D eigenvalue weighted by Crippen LogP contribution is 2.15. The standard InChI is InChI=1S/C17H24N4O/c1-2-6-21-13-15(18-17(21)5-1)12-19-7-9-20(10-8-19)14-16-4-3-11-22-16/h1-2,5-6,13,16H,3-4,7-12,14H2. The van der Waals surface area contributed by atoms with E-state index in [1.165, 1.54) is 18.5 Å². The molecule has 0 aromatic carbocycles. The van der Waals surface area contributed by atoms with Gasteiger partial charge in [0.15, 0.2) is 0 Å². The third kappa shape index (κ3) is 3.16. The van der Waals surface area contributed by atoms with E-state index in [0.717, 1.165) is 51.5 Å². The lowest BCUT2D eigenvalue weighted by Crippen LogP contribution is -2.48. The Morgan fingerprint density at radius 3 is 2.77 bits per heavy atom. The molecule has 2 saturated heterocycles. The van der Waals surface area contributed by atoms with Crippen molar-refractivity contribution in [2.45, 2.75) is 25.5 Å². The molecule has 2 aliphatic heterocycles. The molecular formula is C17H24N4O. The summed E-state index contributed by atoms with van der Waals surface area (Å²) in [4.78, 5) is 9.76. The quantitative estimate of drug-likeness (QED) is 0.859. The first kappa shape index (κ1) is 14.2. The van der Waals surface area contributed by atoms with Crippen molar-refractivity contribution in [3.05, 3.63) is 36.3 Å². The molecule has 5 nitrogen and oxygen atoms in total. The number of rotatable bonds is 4. The number of hydrogen-bond acceptors (Lipinski definition) is 4. The van der Waals surface area contributed by atoms with Crippen molar-refractivity contribution in [3.8, 4) is 0 Å². The van der Waals surface area contributed by atoms with Crippen LogP contribution in [0.3, 0.4) is 0 Å². The lowest BCUT2D eigenvalue weighted by molar-refractivity contribution is 0.0487. The molecule has 2 aromatic heterocycles. The van der Waals surface area contributed by atoms with Gasteiger partial charge in [-0.15, -0.1) is 0 Å². The normalized spacial score (nSPS) is 24.3. The van der Waals surface area contributed by atoms with Crippen molar-refractivity contribution in [1.82, 2.24) is 19.2 Å². The summed E-state index contributed by atoms with van der Waals surface area (Å²) in [7, 11) is 0. The van der Waals surface area contributed by atoms with Crippen LogP contribution in [0.2, 0.25) is 0 Å². The summed E-state index contributed by atoms with van der Waals surface area (Å²) in [5.74, 6) is 0. The molecule has 0 aliphatic carbocycles. The minimum atomic E-state index is 0.477. The molecular weight excluding hydrogens is 276 g/mol. The Balaban J connectivity index is 1.29. The largest absolute Gasteiger partial charge is 0.377 e. The zero-order chi connectivity index (χ0) is 14.8. The van der Waals surface area contributed by atoms with Gasteiger partial charge in [0, 0.05) is 58.3 Å². The van der Waals surface area contributed by atoms with Crippen molar-refractivity contribution in [2.75, 3.05) is 39.3 Å². The first-order valence-electron chi connectivity index (χ1n) is 8.36. The summed E-state index contributed by atoms with van der Waals surface area (Å²) in [6.07, 6.45) is 7.16. The van der Waals surface area contributed by atoms with E-state index in [1.807, 2.05) is 12.1 Å². The summed E-state index contributed by atoms with van der Waals surface area (Å²) >= 11 is 0. The van der Waals surface area contributed by atoms with Crippen molar-refractivity contribution in [1.29, 1.82) is 0 Å². The molecule has 2 aliphatic rings. The van der Waals surface area contributed by atoms with Gasteiger partial charge in [0.05, 0.1) is 11.8 Å². The molecule has 0 radical (unpaired) electrons. The number of ether oxygens (including phenoxy) is 1. The van der Waals surface area contributed by atoms with E-state index < -0.39 is 0 Å². The zero-order valence-corrected chi connectivity index (χ0v) is 13.0. The second-order valence-electron chi connectivity index (χ2n) is 6.41. The molecule has 2 aromatic rings. The fourth-order valence-corrected chi connectivity index (χ4v) is 3.50. The van der Waals surface area contributed by atoms with Gasteiger partial charge < -0.3 is 9.14 Å². The Morgan fingerprint density at radius 1 is 1.14 bits per heavy atom. The Labute approximate surface area is 131 Å². The summed E-state index contributed by atoms with van der Waals surface area (Å²) in [6, 6.07) is 6.14. The average molecular weight is 300 g/mol. The topological polar surface area (TPSA) is 33.0 Å². The number of piperazine rings is 1. The van der Waals surface area contributed by atoms with E-state index in [-0.39, 0.29) is 0 Å². The SMILES string of the molecule is c1ccn2cc(CN3CCN(CC4CCCO4)CC3)nc2c1. The van der Waals surface area contributed by atoms with Gasteiger partial charge in [0.2, 0.25) is 0 Å². The molecule has 1 atom stereocenters. The van der Waals surface area contributed by atoms with Gasteiger partial charge in [0.25, 0.3) is 0 Å². The lowest BCUT2D eigenvalue weighted by atomic mass is 10.2. The van der Waals surface area contributed by atoms with E-state index in [9.17, 15) is 0 Å². The molecule has 4 heterocycles. The van der Waals surface area contributed by atoms with Crippen LogP contribution >= 0.6 is 0 Å². The number of pyridine rings is 1. The lowest BCUT2D eigenvalue weighted by Gasteiger charge is -2.35. The minimum absolute atomic E-state index is 0.477. The number of imidazole rings is 1. The molecule has 22 heavy (non-hydrogen) atoms. The third-order valence-electron chi connectivity index (χ3n) is 4.75. The number of fused-ring (bicyclic) bond motifs is 1. The Kier molecular flexibility index (Phi) is 4.10. The molecule has 2 fully saturated rings. The van der Waals surface area contributed by atoms with Crippen molar-refractivity contribution >= 4 is 5.65 Å². The van der Waals surface area contributed by atoms with Gasteiger partial charge in [-0.3, -0.25) is 9.80 Å². The van der Waals surface area contributed by atoms with Gasteiger partial charge in [-0.1, -0.05) is 6.07 Å².